The van der Waals surface area contributed by atoms with Gasteiger partial charge in [0.25, 0.3) is 5.91 Å². The lowest BCUT2D eigenvalue weighted by molar-refractivity contribution is 0.102. The normalized spacial score (nSPS) is 16.6. The molecule has 0 saturated carbocycles. The molecule has 132 valence electrons. The van der Waals surface area contributed by atoms with Crippen molar-refractivity contribution in [2.75, 3.05) is 15.9 Å². The van der Waals surface area contributed by atoms with Crippen LogP contribution in [0.4, 0.5) is 20.2 Å². The summed E-state index contributed by atoms with van der Waals surface area (Å²) in [6.07, 6.45) is 1.60. The second kappa shape index (κ2) is 6.11. The number of hydrogen-bond acceptors (Lipinski definition) is 3. The lowest BCUT2D eigenvalue weighted by Gasteiger charge is -2.21. The monoisotopic (exact) mass is 366 g/mol. The molecule has 2 aromatic rings. The van der Waals surface area contributed by atoms with Crippen molar-refractivity contribution in [1.29, 1.82) is 0 Å². The van der Waals surface area contributed by atoms with Gasteiger partial charge in [-0.05, 0) is 49.2 Å². The molecule has 0 bridgehead atoms. The van der Waals surface area contributed by atoms with Gasteiger partial charge in [-0.2, -0.15) is 0 Å². The molecule has 3 rings (SSSR count). The summed E-state index contributed by atoms with van der Waals surface area (Å²) in [5.41, 5.74) is 1.23. The van der Waals surface area contributed by atoms with E-state index in [0.717, 1.165) is 12.3 Å². The van der Waals surface area contributed by atoms with E-state index in [9.17, 15) is 22.0 Å². The average Bonchev–Trinajstić information content (AvgIpc) is 2.86. The van der Waals surface area contributed by atoms with Gasteiger partial charge in [0.1, 0.15) is 0 Å². The second-order valence-corrected chi connectivity index (χ2v) is 7.87. The highest BCUT2D eigenvalue weighted by atomic mass is 32.2. The van der Waals surface area contributed by atoms with Crippen LogP contribution in [0.3, 0.4) is 0 Å². The molecular weight excluding hydrogens is 350 g/mol. The molecule has 1 aliphatic rings. The molecule has 25 heavy (non-hydrogen) atoms. The number of amides is 1. The van der Waals surface area contributed by atoms with Gasteiger partial charge in [-0.3, -0.25) is 9.10 Å². The van der Waals surface area contributed by atoms with Crippen LogP contribution in [0.5, 0.6) is 0 Å². The molecule has 0 aliphatic carbocycles. The molecule has 1 heterocycles. The minimum absolute atomic E-state index is 0.241. The molecule has 1 atom stereocenters. The van der Waals surface area contributed by atoms with E-state index in [1.165, 1.54) is 22.5 Å². The first-order valence-electron chi connectivity index (χ1n) is 7.56. The fourth-order valence-corrected chi connectivity index (χ4v) is 4.31. The highest BCUT2D eigenvalue weighted by Gasteiger charge is 2.32. The lowest BCUT2D eigenvalue weighted by Crippen LogP contribution is -2.34. The second-order valence-electron chi connectivity index (χ2n) is 6.01. The first-order valence-corrected chi connectivity index (χ1v) is 9.41. The van der Waals surface area contributed by atoms with Gasteiger partial charge in [-0.1, -0.05) is 6.07 Å². The number of carbonyl (C=O) groups excluding carboxylic acids is 1. The molecule has 1 aliphatic heterocycles. The lowest BCUT2D eigenvalue weighted by atomic mass is 10.1. The SMILES string of the molecule is CC1Cc2cc(C(=O)Nc3cccc(F)c3F)ccc2N1S(C)(=O)=O. The number of sulfonamides is 1. The van der Waals surface area contributed by atoms with Gasteiger partial charge in [-0.15, -0.1) is 0 Å². The van der Waals surface area contributed by atoms with Gasteiger partial charge in [0.2, 0.25) is 10.0 Å². The van der Waals surface area contributed by atoms with Crippen molar-refractivity contribution in [2.24, 2.45) is 0 Å². The smallest absolute Gasteiger partial charge is 0.255 e. The van der Waals surface area contributed by atoms with Crippen LogP contribution in [0.15, 0.2) is 36.4 Å². The van der Waals surface area contributed by atoms with E-state index in [1.807, 2.05) is 0 Å². The topological polar surface area (TPSA) is 66.5 Å². The summed E-state index contributed by atoms with van der Waals surface area (Å²) in [4.78, 5) is 12.3. The highest BCUT2D eigenvalue weighted by Crippen LogP contribution is 2.34. The number of benzene rings is 2. The van der Waals surface area contributed by atoms with Gasteiger partial charge in [0.05, 0.1) is 17.6 Å². The van der Waals surface area contributed by atoms with Crippen LogP contribution in [0, 0.1) is 11.6 Å². The standard InChI is InChI=1S/C17H16F2N2O3S/c1-10-8-12-9-11(6-7-15(12)21(10)25(2,23)24)17(22)20-14-5-3-4-13(18)16(14)19/h3-7,9-10H,8H2,1-2H3,(H,20,22). The number of anilines is 2. The van der Waals surface area contributed by atoms with Crippen molar-refractivity contribution in [3.63, 3.8) is 0 Å². The Morgan fingerprint density at radius 2 is 1.96 bits per heavy atom. The van der Waals surface area contributed by atoms with Crippen LogP contribution in [0.25, 0.3) is 0 Å². The van der Waals surface area contributed by atoms with Crippen LogP contribution in [0.1, 0.15) is 22.8 Å². The van der Waals surface area contributed by atoms with Gasteiger partial charge in [-0.25, -0.2) is 17.2 Å². The number of rotatable bonds is 3. The van der Waals surface area contributed by atoms with Crippen LogP contribution in [-0.4, -0.2) is 26.6 Å². The first-order chi connectivity index (χ1) is 11.7. The average molecular weight is 366 g/mol. The van der Waals surface area contributed by atoms with Gasteiger partial charge in [0.15, 0.2) is 11.6 Å². The molecule has 0 aromatic heterocycles. The summed E-state index contributed by atoms with van der Waals surface area (Å²) in [6, 6.07) is 7.85. The summed E-state index contributed by atoms with van der Waals surface area (Å²) < 4.78 is 52.0. The molecule has 1 amide bonds. The minimum Gasteiger partial charge on any atom is -0.319 e. The molecule has 0 spiro atoms. The predicted molar refractivity (Wildman–Crippen MR) is 91.2 cm³/mol. The van der Waals surface area contributed by atoms with Gasteiger partial charge < -0.3 is 5.32 Å². The van der Waals surface area contributed by atoms with Crippen molar-refractivity contribution in [3.05, 3.63) is 59.2 Å². The van der Waals surface area contributed by atoms with Crippen LogP contribution < -0.4 is 9.62 Å². The molecule has 8 heteroatoms. The molecule has 0 saturated heterocycles. The molecule has 2 aromatic carbocycles. The zero-order valence-corrected chi connectivity index (χ0v) is 14.4. The van der Waals surface area contributed by atoms with Crippen molar-refractivity contribution < 1.29 is 22.0 Å². The Bertz CT molecular complexity index is 960. The highest BCUT2D eigenvalue weighted by molar-refractivity contribution is 7.92. The summed E-state index contributed by atoms with van der Waals surface area (Å²) in [7, 11) is -3.42. The fraction of sp³-hybridized carbons (Fsp3) is 0.235. The number of fused-ring (bicyclic) bond motifs is 1. The third-order valence-corrected chi connectivity index (χ3v) is 5.32. The van der Waals surface area contributed by atoms with E-state index in [2.05, 4.69) is 5.32 Å². The number of halogens is 2. The maximum Gasteiger partial charge on any atom is 0.255 e. The van der Waals surface area contributed by atoms with E-state index >= 15 is 0 Å². The van der Waals surface area contributed by atoms with Crippen LogP contribution >= 0.6 is 0 Å². The van der Waals surface area contributed by atoms with Crippen molar-refractivity contribution in [1.82, 2.24) is 0 Å². The van der Waals surface area contributed by atoms with Crippen LogP contribution in [-0.2, 0) is 16.4 Å². The van der Waals surface area contributed by atoms with E-state index < -0.39 is 27.6 Å². The third kappa shape index (κ3) is 3.21. The van der Waals surface area contributed by atoms with Crippen molar-refractivity contribution >= 4 is 27.3 Å². The van der Waals surface area contributed by atoms with E-state index in [1.54, 1.807) is 19.1 Å². The maximum absolute atomic E-state index is 13.7. The van der Waals surface area contributed by atoms with Crippen molar-refractivity contribution in [2.45, 2.75) is 19.4 Å². The zero-order valence-electron chi connectivity index (χ0n) is 13.6. The zero-order chi connectivity index (χ0) is 18.4. The largest absolute Gasteiger partial charge is 0.319 e. The Morgan fingerprint density at radius 1 is 1.24 bits per heavy atom. The number of nitrogens with zero attached hydrogens (tertiary/aromatic N) is 1. The third-order valence-electron chi connectivity index (χ3n) is 4.05. The summed E-state index contributed by atoms with van der Waals surface area (Å²) in [6.45, 7) is 1.78. The van der Waals surface area contributed by atoms with Crippen LogP contribution in [0.2, 0.25) is 0 Å². The minimum atomic E-state index is -3.42. The Hall–Kier alpha value is -2.48. The molecule has 0 radical (unpaired) electrons. The number of carbonyl (C=O) groups is 1. The fourth-order valence-electron chi connectivity index (χ4n) is 3.04. The van der Waals surface area contributed by atoms with Crippen molar-refractivity contribution in [3.8, 4) is 0 Å². The van der Waals surface area contributed by atoms with Gasteiger partial charge in [0, 0.05) is 11.6 Å². The Morgan fingerprint density at radius 3 is 2.64 bits per heavy atom. The predicted octanol–water partition coefficient (Wildman–Crippen LogP) is 2.93. The Labute approximate surface area is 144 Å². The number of hydrogen-bond donors (Lipinski definition) is 1. The summed E-state index contributed by atoms with van der Waals surface area (Å²) in [5, 5.41) is 2.33. The van der Waals surface area contributed by atoms with Gasteiger partial charge >= 0.3 is 0 Å². The molecule has 0 fully saturated rings. The van der Waals surface area contributed by atoms with E-state index in [4.69, 9.17) is 0 Å². The Balaban J connectivity index is 1.90. The van der Waals surface area contributed by atoms with E-state index in [0.29, 0.717) is 17.7 Å². The summed E-state index contributed by atoms with van der Waals surface area (Å²) in [5.74, 6) is -2.78. The number of nitrogens with one attached hydrogen (secondary N) is 1. The maximum atomic E-state index is 13.7. The van der Waals surface area contributed by atoms with E-state index in [-0.39, 0.29) is 17.3 Å². The Kier molecular flexibility index (Phi) is 4.24. The quantitative estimate of drug-likeness (QED) is 0.908. The molecule has 1 N–H and O–H groups in total. The molecule has 5 nitrogen and oxygen atoms in total. The first kappa shape index (κ1) is 17.3. The molecule has 1 unspecified atom stereocenters. The summed E-state index contributed by atoms with van der Waals surface area (Å²) >= 11 is 0. The molecular formula is C17H16F2N2O3S.